The third-order valence-electron chi connectivity index (χ3n) is 5.67. The van der Waals surface area contributed by atoms with Crippen LogP contribution in [0.15, 0.2) is 66.7 Å². The first-order valence-corrected chi connectivity index (χ1v) is 11.4. The molecule has 1 fully saturated rings. The van der Waals surface area contributed by atoms with Crippen LogP contribution in [0, 0.1) is 0 Å². The van der Waals surface area contributed by atoms with Crippen molar-refractivity contribution in [2.45, 2.75) is 12.8 Å². The van der Waals surface area contributed by atoms with Crippen molar-refractivity contribution in [3.05, 3.63) is 72.3 Å². The summed E-state index contributed by atoms with van der Waals surface area (Å²) in [5, 5.41) is 5.55. The van der Waals surface area contributed by atoms with E-state index in [0.717, 1.165) is 12.1 Å². The first-order chi connectivity index (χ1) is 17.5. The fourth-order valence-electron chi connectivity index (χ4n) is 3.86. The smallest absolute Gasteiger partial charge is 0.262 e. The average molecular weight is 490 g/mol. The third kappa shape index (κ3) is 5.75. The maximum Gasteiger partial charge on any atom is 0.262 e. The molecule has 0 atom stereocenters. The molecule has 36 heavy (non-hydrogen) atoms. The van der Waals surface area contributed by atoms with Crippen LogP contribution in [0.4, 0.5) is 17.1 Å². The molecule has 0 radical (unpaired) electrons. The van der Waals surface area contributed by atoms with Gasteiger partial charge in [-0.15, -0.1) is 0 Å². The fourth-order valence-corrected chi connectivity index (χ4v) is 3.86. The highest BCUT2D eigenvalue weighted by molar-refractivity contribution is 6.05. The van der Waals surface area contributed by atoms with Crippen molar-refractivity contribution in [1.29, 1.82) is 0 Å². The van der Waals surface area contributed by atoms with Crippen molar-refractivity contribution in [3.63, 3.8) is 0 Å². The van der Waals surface area contributed by atoms with Crippen LogP contribution in [-0.4, -0.2) is 45.1 Å². The summed E-state index contributed by atoms with van der Waals surface area (Å²) in [5.74, 6) is 0.592. The highest BCUT2D eigenvalue weighted by Crippen LogP contribution is 2.36. The zero-order valence-corrected chi connectivity index (χ0v) is 20.1. The molecule has 3 aromatic carbocycles. The predicted octanol–water partition coefficient (Wildman–Crippen LogP) is 4.10. The molecule has 1 aliphatic heterocycles. The topological polar surface area (TPSA) is 106 Å². The molecule has 3 amide bonds. The monoisotopic (exact) mass is 489 g/mol. The number of hydrogen-bond acceptors (Lipinski definition) is 6. The lowest BCUT2D eigenvalue weighted by Crippen LogP contribution is -2.23. The predicted molar refractivity (Wildman–Crippen MR) is 136 cm³/mol. The van der Waals surface area contributed by atoms with Crippen molar-refractivity contribution in [2.75, 3.05) is 42.9 Å². The third-order valence-corrected chi connectivity index (χ3v) is 5.67. The van der Waals surface area contributed by atoms with Gasteiger partial charge in [0.25, 0.3) is 11.8 Å². The number of benzene rings is 3. The zero-order valence-electron chi connectivity index (χ0n) is 20.1. The second-order valence-electron chi connectivity index (χ2n) is 8.05. The number of amides is 3. The van der Waals surface area contributed by atoms with E-state index in [0.29, 0.717) is 47.2 Å². The molecule has 0 unspecified atom stereocenters. The molecule has 4 rings (SSSR count). The summed E-state index contributed by atoms with van der Waals surface area (Å²) in [4.78, 5) is 38.8. The Morgan fingerprint density at radius 2 is 1.53 bits per heavy atom. The molecule has 1 saturated heterocycles. The van der Waals surface area contributed by atoms with Gasteiger partial charge in [0.2, 0.25) is 5.91 Å². The van der Waals surface area contributed by atoms with E-state index < -0.39 is 5.91 Å². The van der Waals surface area contributed by atoms with Crippen LogP contribution in [0.3, 0.4) is 0 Å². The minimum atomic E-state index is -0.407. The molecule has 0 aromatic heterocycles. The highest BCUT2D eigenvalue weighted by atomic mass is 16.5. The SMILES string of the molecule is COc1cc(NC(=O)c2ccccc2)c(OC)cc1NC(=O)COc1ccc(N2CCCC2=O)cc1. The number of ether oxygens (including phenoxy) is 3. The summed E-state index contributed by atoms with van der Waals surface area (Å²) in [6, 6.07) is 19.0. The van der Waals surface area contributed by atoms with Gasteiger partial charge in [-0.3, -0.25) is 14.4 Å². The Morgan fingerprint density at radius 1 is 0.889 bits per heavy atom. The van der Waals surface area contributed by atoms with Crippen LogP contribution < -0.4 is 29.7 Å². The van der Waals surface area contributed by atoms with Gasteiger partial charge in [-0.05, 0) is 42.8 Å². The van der Waals surface area contributed by atoms with E-state index in [1.54, 1.807) is 65.6 Å². The zero-order chi connectivity index (χ0) is 25.5. The van der Waals surface area contributed by atoms with Crippen molar-refractivity contribution in [2.24, 2.45) is 0 Å². The first-order valence-electron chi connectivity index (χ1n) is 11.4. The van der Waals surface area contributed by atoms with Crippen LogP contribution in [0.5, 0.6) is 17.2 Å². The van der Waals surface area contributed by atoms with E-state index in [1.807, 2.05) is 6.07 Å². The van der Waals surface area contributed by atoms with Gasteiger partial charge in [0, 0.05) is 36.3 Å². The van der Waals surface area contributed by atoms with Gasteiger partial charge in [0.15, 0.2) is 6.61 Å². The molecule has 0 bridgehead atoms. The lowest BCUT2D eigenvalue weighted by Gasteiger charge is -2.17. The number of rotatable bonds is 9. The summed E-state index contributed by atoms with van der Waals surface area (Å²) < 4.78 is 16.4. The first kappa shape index (κ1) is 24.6. The van der Waals surface area contributed by atoms with Crippen LogP contribution in [0.25, 0.3) is 0 Å². The average Bonchev–Trinajstić information content (AvgIpc) is 3.34. The Balaban J connectivity index is 1.39. The normalized spacial score (nSPS) is 12.7. The number of hydrogen-bond donors (Lipinski definition) is 2. The number of nitrogens with zero attached hydrogens (tertiary/aromatic N) is 1. The summed E-state index contributed by atoms with van der Waals surface area (Å²) in [5.41, 5.74) is 2.07. The molecular formula is C27H27N3O6. The molecule has 9 nitrogen and oxygen atoms in total. The largest absolute Gasteiger partial charge is 0.494 e. The minimum absolute atomic E-state index is 0.109. The van der Waals surface area contributed by atoms with Crippen molar-refractivity contribution in [3.8, 4) is 17.2 Å². The minimum Gasteiger partial charge on any atom is -0.494 e. The van der Waals surface area contributed by atoms with Gasteiger partial charge in [0.05, 0.1) is 25.6 Å². The van der Waals surface area contributed by atoms with E-state index in [9.17, 15) is 14.4 Å². The standard InChI is InChI=1S/C27H27N3O6/c1-34-23-16-22(29-27(33)18-7-4-3-5-8-18)24(35-2)15-21(23)28-25(31)17-36-20-12-10-19(11-13-20)30-14-6-9-26(30)32/h3-5,7-8,10-13,15-16H,6,9,14,17H2,1-2H3,(H,28,31)(H,29,33). The molecule has 0 spiro atoms. The van der Waals surface area contributed by atoms with E-state index >= 15 is 0 Å². The Hall–Kier alpha value is -4.53. The van der Waals surface area contributed by atoms with E-state index in [2.05, 4.69) is 10.6 Å². The van der Waals surface area contributed by atoms with Crippen LogP contribution in [0.1, 0.15) is 23.2 Å². The Labute approximate surface area is 209 Å². The van der Waals surface area contributed by atoms with Crippen molar-refractivity contribution < 1.29 is 28.6 Å². The molecule has 1 aliphatic rings. The summed E-state index contributed by atoms with van der Waals surface area (Å²) >= 11 is 0. The Morgan fingerprint density at radius 3 is 2.11 bits per heavy atom. The lowest BCUT2D eigenvalue weighted by atomic mass is 10.2. The van der Waals surface area contributed by atoms with Gasteiger partial charge in [-0.1, -0.05) is 18.2 Å². The van der Waals surface area contributed by atoms with E-state index in [4.69, 9.17) is 14.2 Å². The molecular weight excluding hydrogens is 462 g/mol. The molecule has 2 N–H and O–H groups in total. The van der Waals surface area contributed by atoms with Crippen LogP contribution in [0.2, 0.25) is 0 Å². The van der Waals surface area contributed by atoms with E-state index in [-0.39, 0.29) is 18.4 Å². The molecule has 9 heteroatoms. The lowest BCUT2D eigenvalue weighted by molar-refractivity contribution is -0.118. The van der Waals surface area contributed by atoms with Crippen molar-refractivity contribution in [1.82, 2.24) is 0 Å². The van der Waals surface area contributed by atoms with Gasteiger partial charge >= 0.3 is 0 Å². The molecule has 3 aromatic rings. The Bertz CT molecular complexity index is 1240. The second kappa shape index (κ2) is 11.3. The van der Waals surface area contributed by atoms with Crippen molar-refractivity contribution >= 4 is 34.8 Å². The maximum atomic E-state index is 12.6. The number of nitrogens with one attached hydrogen (secondary N) is 2. The number of methoxy groups -OCH3 is 2. The van der Waals surface area contributed by atoms with Gasteiger partial charge in [-0.2, -0.15) is 0 Å². The molecule has 186 valence electrons. The summed E-state index contributed by atoms with van der Waals surface area (Å²) in [6.07, 6.45) is 1.42. The number of anilines is 3. The highest BCUT2D eigenvalue weighted by Gasteiger charge is 2.21. The summed E-state index contributed by atoms with van der Waals surface area (Å²) in [6.45, 7) is 0.474. The number of carbonyl (C=O) groups excluding carboxylic acids is 3. The quantitative estimate of drug-likeness (QED) is 0.469. The van der Waals surface area contributed by atoms with E-state index in [1.165, 1.54) is 14.2 Å². The van der Waals surface area contributed by atoms with Gasteiger partial charge < -0.3 is 29.7 Å². The molecule has 0 aliphatic carbocycles. The van der Waals surface area contributed by atoms with Gasteiger partial charge in [-0.25, -0.2) is 0 Å². The maximum absolute atomic E-state index is 12.6. The summed E-state index contributed by atoms with van der Waals surface area (Å²) in [7, 11) is 2.93. The molecule has 1 heterocycles. The second-order valence-corrected chi connectivity index (χ2v) is 8.05. The molecule has 0 saturated carbocycles. The van der Waals surface area contributed by atoms with Crippen LogP contribution >= 0.6 is 0 Å². The van der Waals surface area contributed by atoms with Gasteiger partial charge in [0.1, 0.15) is 17.2 Å². The fraction of sp³-hybridized carbons (Fsp3) is 0.222. The Kier molecular flexibility index (Phi) is 7.69. The van der Waals surface area contributed by atoms with Crippen LogP contribution in [-0.2, 0) is 9.59 Å². The number of carbonyl (C=O) groups is 3.